The molecule has 6 heteroatoms. The van der Waals surface area contributed by atoms with Gasteiger partial charge in [-0.2, -0.15) is 0 Å². The van der Waals surface area contributed by atoms with Crippen molar-refractivity contribution in [2.24, 2.45) is 0 Å². The summed E-state index contributed by atoms with van der Waals surface area (Å²) in [6, 6.07) is 6.03. The predicted octanol–water partition coefficient (Wildman–Crippen LogP) is 2.25. The van der Waals surface area contributed by atoms with Crippen LogP contribution < -0.4 is 0 Å². The Morgan fingerprint density at radius 1 is 1.14 bits per heavy atom. The highest BCUT2D eigenvalue weighted by molar-refractivity contribution is 7.99. The van der Waals surface area contributed by atoms with E-state index < -0.39 is 0 Å². The lowest BCUT2D eigenvalue weighted by molar-refractivity contribution is 0.0599. The summed E-state index contributed by atoms with van der Waals surface area (Å²) < 4.78 is 4.71. The molecule has 5 nitrogen and oxygen atoms in total. The van der Waals surface area contributed by atoms with Crippen molar-refractivity contribution in [2.75, 3.05) is 39.0 Å². The molecule has 2 aliphatic rings. The minimum atomic E-state index is -0.321. The van der Waals surface area contributed by atoms with Crippen molar-refractivity contribution in [2.45, 2.75) is 17.7 Å². The predicted molar refractivity (Wildman–Crippen MR) is 85.4 cm³/mol. The number of carbonyl (C=O) groups is 2. The smallest absolute Gasteiger partial charge is 0.409 e. The number of aryl methyl sites for hydroxylation is 1. The molecule has 1 aromatic carbocycles. The van der Waals surface area contributed by atoms with Crippen molar-refractivity contribution < 1.29 is 14.3 Å². The lowest BCUT2D eigenvalue weighted by Crippen LogP contribution is -2.50. The fourth-order valence-electron chi connectivity index (χ4n) is 2.90. The van der Waals surface area contributed by atoms with Gasteiger partial charge in [-0.25, -0.2) is 4.79 Å². The summed E-state index contributed by atoms with van der Waals surface area (Å²) in [5, 5.41) is 0. The fourth-order valence-corrected chi connectivity index (χ4v) is 3.92. The maximum Gasteiger partial charge on any atom is 0.409 e. The molecule has 0 unspecified atom stereocenters. The molecule has 0 radical (unpaired) electrons. The van der Waals surface area contributed by atoms with Gasteiger partial charge in [0, 0.05) is 36.6 Å². The Kier molecular flexibility index (Phi) is 4.57. The third-order valence-corrected chi connectivity index (χ3v) is 5.36. The van der Waals surface area contributed by atoms with E-state index >= 15 is 0 Å². The topological polar surface area (TPSA) is 49.9 Å². The Labute approximate surface area is 134 Å². The second kappa shape index (κ2) is 6.60. The SMILES string of the molecule is COC(=O)N1CCN(C(=O)c2ccc3c(c2)CCCS3)CC1. The molecule has 1 aromatic rings. The van der Waals surface area contributed by atoms with Gasteiger partial charge in [-0.3, -0.25) is 4.79 Å². The number of nitrogens with zero attached hydrogens (tertiary/aromatic N) is 2. The lowest BCUT2D eigenvalue weighted by atomic mass is 10.1. The monoisotopic (exact) mass is 320 g/mol. The highest BCUT2D eigenvalue weighted by Crippen LogP contribution is 2.30. The molecule has 1 fully saturated rings. The number of piperazine rings is 1. The first-order chi connectivity index (χ1) is 10.7. The number of methoxy groups -OCH3 is 1. The Morgan fingerprint density at radius 3 is 2.59 bits per heavy atom. The number of hydrogen-bond acceptors (Lipinski definition) is 4. The van der Waals surface area contributed by atoms with E-state index in [1.165, 1.54) is 24.0 Å². The van der Waals surface area contributed by atoms with Crippen LogP contribution in [-0.4, -0.2) is 60.8 Å². The van der Waals surface area contributed by atoms with Gasteiger partial charge in [0.05, 0.1) is 7.11 Å². The van der Waals surface area contributed by atoms with Crippen molar-refractivity contribution in [3.63, 3.8) is 0 Å². The van der Waals surface area contributed by atoms with Crippen molar-refractivity contribution >= 4 is 23.8 Å². The third kappa shape index (κ3) is 3.06. The Balaban J connectivity index is 1.66. The second-order valence-corrected chi connectivity index (χ2v) is 6.66. The van der Waals surface area contributed by atoms with E-state index in [9.17, 15) is 9.59 Å². The summed E-state index contributed by atoms with van der Waals surface area (Å²) in [5.41, 5.74) is 2.04. The van der Waals surface area contributed by atoms with E-state index in [0.29, 0.717) is 26.2 Å². The number of carbonyl (C=O) groups excluding carboxylic acids is 2. The van der Waals surface area contributed by atoms with Gasteiger partial charge in [0.25, 0.3) is 5.91 Å². The molecule has 0 aromatic heterocycles. The Hall–Kier alpha value is -1.69. The van der Waals surface area contributed by atoms with Gasteiger partial charge in [0.1, 0.15) is 0 Å². The molecule has 0 saturated carbocycles. The molecule has 0 bridgehead atoms. The van der Waals surface area contributed by atoms with E-state index in [0.717, 1.165) is 17.7 Å². The summed E-state index contributed by atoms with van der Waals surface area (Å²) in [6.45, 7) is 2.16. The van der Waals surface area contributed by atoms with Crippen LogP contribution in [0.1, 0.15) is 22.3 Å². The molecule has 22 heavy (non-hydrogen) atoms. The van der Waals surface area contributed by atoms with Crippen LogP contribution in [0, 0.1) is 0 Å². The zero-order valence-corrected chi connectivity index (χ0v) is 13.5. The van der Waals surface area contributed by atoms with Gasteiger partial charge < -0.3 is 14.5 Å². The van der Waals surface area contributed by atoms with Crippen LogP contribution in [0.3, 0.4) is 0 Å². The summed E-state index contributed by atoms with van der Waals surface area (Å²) >= 11 is 1.87. The second-order valence-electron chi connectivity index (χ2n) is 5.52. The average Bonchev–Trinajstić information content (AvgIpc) is 2.60. The highest BCUT2D eigenvalue weighted by atomic mass is 32.2. The molecule has 2 aliphatic heterocycles. The molecule has 2 heterocycles. The minimum absolute atomic E-state index is 0.0582. The highest BCUT2D eigenvalue weighted by Gasteiger charge is 2.25. The first-order valence-corrected chi connectivity index (χ1v) is 8.55. The van der Waals surface area contributed by atoms with Gasteiger partial charge >= 0.3 is 6.09 Å². The molecule has 2 amide bonds. The summed E-state index contributed by atoms with van der Waals surface area (Å²) in [4.78, 5) is 28.8. The first kappa shape index (κ1) is 15.2. The molecule has 0 aliphatic carbocycles. The standard InChI is InChI=1S/C16H20N2O3S/c1-21-16(20)18-8-6-17(7-9-18)15(19)13-4-5-14-12(11-13)3-2-10-22-14/h4-5,11H,2-3,6-10H2,1H3. The molecule has 1 saturated heterocycles. The van der Waals surface area contributed by atoms with E-state index in [-0.39, 0.29) is 12.0 Å². The lowest BCUT2D eigenvalue weighted by Gasteiger charge is -2.34. The van der Waals surface area contributed by atoms with E-state index in [1.54, 1.807) is 4.90 Å². The molecule has 0 spiro atoms. The van der Waals surface area contributed by atoms with Gasteiger partial charge in [0.15, 0.2) is 0 Å². The van der Waals surface area contributed by atoms with Crippen LogP contribution in [0.2, 0.25) is 0 Å². The zero-order chi connectivity index (χ0) is 15.5. The molecule has 3 rings (SSSR count). The average molecular weight is 320 g/mol. The van der Waals surface area contributed by atoms with E-state index in [2.05, 4.69) is 6.07 Å². The van der Waals surface area contributed by atoms with Gasteiger partial charge in [-0.15, -0.1) is 11.8 Å². The van der Waals surface area contributed by atoms with Crippen LogP contribution >= 0.6 is 11.8 Å². The number of rotatable bonds is 1. The van der Waals surface area contributed by atoms with Crippen LogP contribution in [-0.2, 0) is 11.2 Å². The Morgan fingerprint density at radius 2 is 1.86 bits per heavy atom. The van der Waals surface area contributed by atoms with Crippen molar-refractivity contribution in [1.29, 1.82) is 0 Å². The van der Waals surface area contributed by atoms with Crippen molar-refractivity contribution in [1.82, 2.24) is 9.80 Å². The maximum absolute atomic E-state index is 12.6. The van der Waals surface area contributed by atoms with E-state index in [1.807, 2.05) is 28.8 Å². The number of hydrogen-bond donors (Lipinski definition) is 0. The van der Waals surface area contributed by atoms with Crippen LogP contribution in [0.15, 0.2) is 23.1 Å². The number of ether oxygens (including phenoxy) is 1. The summed E-state index contributed by atoms with van der Waals surface area (Å²) in [7, 11) is 1.38. The minimum Gasteiger partial charge on any atom is -0.453 e. The van der Waals surface area contributed by atoms with Gasteiger partial charge in [0.2, 0.25) is 0 Å². The summed E-state index contributed by atoms with van der Waals surface area (Å²) in [6.07, 6.45) is 1.91. The zero-order valence-electron chi connectivity index (χ0n) is 12.7. The van der Waals surface area contributed by atoms with Crippen molar-refractivity contribution in [3.8, 4) is 0 Å². The quantitative estimate of drug-likeness (QED) is 0.796. The van der Waals surface area contributed by atoms with Crippen LogP contribution in [0.5, 0.6) is 0 Å². The number of amides is 2. The van der Waals surface area contributed by atoms with E-state index in [4.69, 9.17) is 4.74 Å². The van der Waals surface area contributed by atoms with Gasteiger partial charge in [-0.05, 0) is 42.4 Å². The maximum atomic E-state index is 12.6. The van der Waals surface area contributed by atoms with Crippen molar-refractivity contribution in [3.05, 3.63) is 29.3 Å². The molecular weight excluding hydrogens is 300 g/mol. The third-order valence-electron chi connectivity index (χ3n) is 4.16. The molecular formula is C16H20N2O3S. The molecule has 0 N–H and O–H groups in total. The molecule has 118 valence electrons. The van der Waals surface area contributed by atoms with Crippen LogP contribution in [0.4, 0.5) is 4.79 Å². The van der Waals surface area contributed by atoms with Crippen LogP contribution in [0.25, 0.3) is 0 Å². The first-order valence-electron chi connectivity index (χ1n) is 7.57. The normalized spacial score (nSPS) is 17.9. The number of fused-ring (bicyclic) bond motifs is 1. The number of benzene rings is 1. The Bertz CT molecular complexity index is 583. The number of thioether (sulfide) groups is 1. The largest absolute Gasteiger partial charge is 0.453 e. The van der Waals surface area contributed by atoms with Gasteiger partial charge in [-0.1, -0.05) is 0 Å². The molecule has 0 atom stereocenters. The summed E-state index contributed by atoms with van der Waals surface area (Å²) in [5.74, 6) is 1.22. The fraction of sp³-hybridized carbons (Fsp3) is 0.500.